The second-order valence-electron chi connectivity index (χ2n) is 6.00. The Morgan fingerprint density at radius 2 is 2.12 bits per heavy atom. The summed E-state index contributed by atoms with van der Waals surface area (Å²) in [7, 11) is 0. The van der Waals surface area contributed by atoms with Gasteiger partial charge in [0, 0.05) is 16.5 Å². The molecule has 2 heteroatoms. The first-order valence-electron chi connectivity index (χ1n) is 6.60. The van der Waals surface area contributed by atoms with E-state index in [0.29, 0.717) is 5.41 Å². The zero-order chi connectivity index (χ0) is 11.2. The predicted octanol–water partition coefficient (Wildman–Crippen LogP) is 4.31. The lowest BCUT2D eigenvalue weighted by Gasteiger charge is -2.37. The molecule has 0 spiro atoms. The van der Waals surface area contributed by atoms with Crippen molar-refractivity contribution < 1.29 is 0 Å². The Balaban J connectivity index is 1.80. The van der Waals surface area contributed by atoms with E-state index in [1.54, 1.807) is 0 Å². The van der Waals surface area contributed by atoms with Crippen LogP contribution in [-0.2, 0) is 5.41 Å². The van der Waals surface area contributed by atoms with Gasteiger partial charge in [0.25, 0.3) is 0 Å². The number of aromatic nitrogens is 1. The smallest absolute Gasteiger partial charge is 0.0896 e. The maximum absolute atomic E-state index is 4.44. The van der Waals surface area contributed by atoms with Gasteiger partial charge in [0.15, 0.2) is 0 Å². The van der Waals surface area contributed by atoms with Gasteiger partial charge in [0.05, 0.1) is 5.01 Å². The fraction of sp³-hybridized carbons (Fsp3) is 0.786. The Labute approximate surface area is 102 Å². The first kappa shape index (κ1) is 10.8. The van der Waals surface area contributed by atoms with Crippen LogP contribution >= 0.6 is 11.3 Å². The SMILES string of the molecule is Cc1ncc(C2(C)CCCC(C3CC3)C2)s1. The molecule has 0 radical (unpaired) electrons. The summed E-state index contributed by atoms with van der Waals surface area (Å²) < 4.78 is 0. The number of nitrogens with zero attached hydrogens (tertiary/aromatic N) is 1. The zero-order valence-corrected chi connectivity index (χ0v) is 11.1. The molecule has 0 amide bonds. The average Bonchev–Trinajstić information content (AvgIpc) is 3.01. The van der Waals surface area contributed by atoms with E-state index in [1.165, 1.54) is 48.4 Å². The summed E-state index contributed by atoms with van der Waals surface area (Å²) in [6.07, 6.45) is 10.8. The summed E-state index contributed by atoms with van der Waals surface area (Å²) in [4.78, 5) is 5.98. The van der Waals surface area contributed by atoms with Crippen LogP contribution in [0.1, 0.15) is 55.3 Å². The molecule has 0 N–H and O–H groups in total. The van der Waals surface area contributed by atoms with Gasteiger partial charge in [-0.05, 0) is 44.4 Å². The van der Waals surface area contributed by atoms with Crippen molar-refractivity contribution in [2.75, 3.05) is 0 Å². The molecule has 1 aromatic rings. The minimum Gasteiger partial charge on any atom is -0.250 e. The zero-order valence-electron chi connectivity index (χ0n) is 10.3. The number of rotatable bonds is 2. The number of thiazole rings is 1. The molecular weight excluding hydrogens is 214 g/mol. The van der Waals surface area contributed by atoms with E-state index in [4.69, 9.17) is 0 Å². The number of hydrogen-bond acceptors (Lipinski definition) is 2. The lowest BCUT2D eigenvalue weighted by Crippen LogP contribution is -2.29. The van der Waals surface area contributed by atoms with Crippen molar-refractivity contribution in [3.8, 4) is 0 Å². The van der Waals surface area contributed by atoms with Crippen molar-refractivity contribution in [1.29, 1.82) is 0 Å². The van der Waals surface area contributed by atoms with Crippen molar-refractivity contribution in [3.63, 3.8) is 0 Å². The van der Waals surface area contributed by atoms with Gasteiger partial charge in [0.1, 0.15) is 0 Å². The molecule has 1 aromatic heterocycles. The van der Waals surface area contributed by atoms with E-state index in [2.05, 4.69) is 25.0 Å². The van der Waals surface area contributed by atoms with Crippen LogP contribution in [0.5, 0.6) is 0 Å². The Morgan fingerprint density at radius 3 is 2.75 bits per heavy atom. The fourth-order valence-electron chi connectivity index (χ4n) is 3.37. The van der Waals surface area contributed by atoms with Crippen LogP contribution in [0.4, 0.5) is 0 Å². The fourth-order valence-corrected chi connectivity index (χ4v) is 4.33. The van der Waals surface area contributed by atoms with Crippen molar-refractivity contribution in [3.05, 3.63) is 16.1 Å². The van der Waals surface area contributed by atoms with Crippen LogP contribution in [0.15, 0.2) is 6.20 Å². The summed E-state index contributed by atoms with van der Waals surface area (Å²) in [5, 5.41) is 1.23. The van der Waals surface area contributed by atoms with E-state index in [0.717, 1.165) is 11.8 Å². The normalized spacial score (nSPS) is 35.2. The highest BCUT2D eigenvalue weighted by atomic mass is 32.1. The minimum absolute atomic E-state index is 0.442. The third-order valence-corrected chi connectivity index (χ3v) is 5.74. The van der Waals surface area contributed by atoms with Gasteiger partial charge in [-0.15, -0.1) is 11.3 Å². The van der Waals surface area contributed by atoms with E-state index in [9.17, 15) is 0 Å². The second-order valence-corrected chi connectivity index (χ2v) is 7.23. The van der Waals surface area contributed by atoms with Gasteiger partial charge in [-0.2, -0.15) is 0 Å². The summed E-state index contributed by atoms with van der Waals surface area (Å²) in [6.45, 7) is 4.59. The van der Waals surface area contributed by atoms with E-state index >= 15 is 0 Å². The lowest BCUT2D eigenvalue weighted by atomic mass is 9.69. The van der Waals surface area contributed by atoms with E-state index in [-0.39, 0.29) is 0 Å². The first-order chi connectivity index (χ1) is 7.67. The van der Waals surface area contributed by atoms with Gasteiger partial charge >= 0.3 is 0 Å². The Kier molecular flexibility index (Phi) is 2.58. The van der Waals surface area contributed by atoms with Crippen molar-refractivity contribution >= 4 is 11.3 Å². The molecule has 2 fully saturated rings. The highest BCUT2D eigenvalue weighted by Gasteiger charge is 2.41. The molecular formula is C14H21NS. The molecule has 2 aliphatic carbocycles. The molecule has 16 heavy (non-hydrogen) atoms. The molecule has 0 aromatic carbocycles. The molecule has 1 nitrogen and oxygen atoms in total. The molecule has 88 valence electrons. The molecule has 3 rings (SSSR count). The second kappa shape index (κ2) is 3.83. The van der Waals surface area contributed by atoms with Gasteiger partial charge in [-0.1, -0.05) is 19.8 Å². The molecule has 2 unspecified atom stereocenters. The van der Waals surface area contributed by atoms with Crippen LogP contribution in [0.3, 0.4) is 0 Å². The van der Waals surface area contributed by atoms with Crippen LogP contribution in [-0.4, -0.2) is 4.98 Å². The summed E-state index contributed by atoms with van der Waals surface area (Å²) >= 11 is 1.92. The topological polar surface area (TPSA) is 12.9 Å². The standard InChI is InChI=1S/C14H21NS/c1-10-15-9-13(16-10)14(2)7-3-4-12(8-14)11-5-6-11/h9,11-12H,3-8H2,1-2H3. The summed E-state index contributed by atoms with van der Waals surface area (Å²) in [6, 6.07) is 0. The molecule has 2 atom stereocenters. The monoisotopic (exact) mass is 235 g/mol. The molecule has 0 bridgehead atoms. The number of aryl methyl sites for hydroxylation is 1. The van der Waals surface area contributed by atoms with Crippen molar-refractivity contribution in [2.45, 2.75) is 57.8 Å². The molecule has 0 saturated heterocycles. The van der Waals surface area contributed by atoms with E-state index in [1.807, 2.05) is 11.3 Å². The van der Waals surface area contributed by atoms with Crippen LogP contribution in [0, 0.1) is 18.8 Å². The van der Waals surface area contributed by atoms with Crippen molar-refractivity contribution in [1.82, 2.24) is 4.98 Å². The van der Waals surface area contributed by atoms with E-state index < -0.39 is 0 Å². The largest absolute Gasteiger partial charge is 0.250 e. The molecule has 2 saturated carbocycles. The maximum atomic E-state index is 4.44. The Hall–Kier alpha value is -0.370. The molecule has 2 aliphatic rings. The summed E-state index contributed by atoms with van der Waals surface area (Å²) in [5.41, 5.74) is 0.442. The predicted molar refractivity (Wildman–Crippen MR) is 68.9 cm³/mol. The first-order valence-corrected chi connectivity index (χ1v) is 7.42. The van der Waals surface area contributed by atoms with Crippen LogP contribution < -0.4 is 0 Å². The van der Waals surface area contributed by atoms with Crippen molar-refractivity contribution in [2.24, 2.45) is 11.8 Å². The minimum atomic E-state index is 0.442. The van der Waals surface area contributed by atoms with Gasteiger partial charge in [-0.25, -0.2) is 4.98 Å². The quantitative estimate of drug-likeness (QED) is 0.744. The van der Waals surface area contributed by atoms with Crippen LogP contribution in [0.25, 0.3) is 0 Å². The highest BCUT2D eigenvalue weighted by Crippen LogP contribution is 2.51. The third kappa shape index (κ3) is 1.92. The average molecular weight is 235 g/mol. The van der Waals surface area contributed by atoms with Gasteiger partial charge < -0.3 is 0 Å². The Morgan fingerprint density at radius 1 is 1.31 bits per heavy atom. The van der Waals surface area contributed by atoms with Crippen LogP contribution in [0.2, 0.25) is 0 Å². The highest BCUT2D eigenvalue weighted by molar-refractivity contribution is 7.11. The maximum Gasteiger partial charge on any atom is 0.0896 e. The third-order valence-electron chi connectivity index (χ3n) is 4.52. The molecule has 0 aliphatic heterocycles. The van der Waals surface area contributed by atoms with Gasteiger partial charge in [-0.3, -0.25) is 0 Å². The van der Waals surface area contributed by atoms with Gasteiger partial charge in [0.2, 0.25) is 0 Å². The summed E-state index contributed by atoms with van der Waals surface area (Å²) in [5.74, 6) is 2.09. The molecule has 1 heterocycles. The number of hydrogen-bond donors (Lipinski definition) is 0. The Bertz CT molecular complexity index is 380. The lowest BCUT2D eigenvalue weighted by molar-refractivity contribution is 0.220.